The van der Waals surface area contributed by atoms with Crippen LogP contribution in [-0.2, 0) is 17.8 Å². The van der Waals surface area contributed by atoms with Crippen molar-refractivity contribution in [3.63, 3.8) is 0 Å². The number of amides is 2. The third kappa shape index (κ3) is 5.58. The monoisotopic (exact) mass is 413 g/mol. The van der Waals surface area contributed by atoms with Gasteiger partial charge in [0, 0.05) is 30.7 Å². The summed E-state index contributed by atoms with van der Waals surface area (Å²) < 4.78 is 7.08. The number of hydrogen-bond donors (Lipinski definition) is 1. The van der Waals surface area contributed by atoms with Crippen molar-refractivity contribution in [3.8, 4) is 5.75 Å². The first-order valence-corrected chi connectivity index (χ1v) is 10.6. The minimum Gasteiger partial charge on any atom is -0.496 e. The number of methoxy groups -OCH3 is 1. The summed E-state index contributed by atoms with van der Waals surface area (Å²) in [5, 5.41) is 10.9. The van der Waals surface area contributed by atoms with E-state index in [0.29, 0.717) is 18.7 Å². The Balaban J connectivity index is 1.60. The Hall–Kier alpha value is -2.90. The summed E-state index contributed by atoms with van der Waals surface area (Å²) in [6.45, 7) is 5.20. The van der Waals surface area contributed by atoms with Gasteiger partial charge in [0.15, 0.2) is 5.69 Å². The second kappa shape index (κ2) is 10.2. The molecule has 1 aliphatic heterocycles. The zero-order chi connectivity index (χ0) is 21.5. The van der Waals surface area contributed by atoms with E-state index in [1.807, 2.05) is 43.0 Å². The van der Waals surface area contributed by atoms with E-state index in [-0.39, 0.29) is 23.9 Å². The number of nitrogens with one attached hydrogen (secondary N) is 1. The normalized spacial score (nSPS) is 16.5. The highest BCUT2D eigenvalue weighted by Crippen LogP contribution is 2.24. The molecule has 1 aromatic carbocycles. The average Bonchev–Trinajstić information content (AvgIpc) is 3.21. The lowest BCUT2D eigenvalue weighted by Crippen LogP contribution is -2.45. The maximum Gasteiger partial charge on any atom is 0.273 e. The molecule has 0 radical (unpaired) electrons. The quantitative estimate of drug-likeness (QED) is 0.718. The average molecular weight is 414 g/mol. The lowest BCUT2D eigenvalue weighted by Gasteiger charge is -2.36. The number of para-hydroxylation sites is 1. The van der Waals surface area contributed by atoms with Gasteiger partial charge < -0.3 is 15.0 Å². The van der Waals surface area contributed by atoms with Crippen LogP contribution >= 0.6 is 0 Å². The van der Waals surface area contributed by atoms with E-state index >= 15 is 0 Å². The van der Waals surface area contributed by atoms with Crippen LogP contribution in [0.1, 0.15) is 55.6 Å². The van der Waals surface area contributed by atoms with Crippen LogP contribution in [0.4, 0.5) is 0 Å². The van der Waals surface area contributed by atoms with Crippen LogP contribution in [0.2, 0.25) is 0 Å². The van der Waals surface area contributed by atoms with E-state index in [9.17, 15) is 9.59 Å². The molecule has 1 N–H and O–H groups in total. The molecule has 2 heterocycles. The molecule has 0 aliphatic carbocycles. The lowest BCUT2D eigenvalue weighted by molar-refractivity contribution is -0.134. The molecule has 1 saturated heterocycles. The zero-order valence-corrected chi connectivity index (χ0v) is 18.0. The third-order valence-electron chi connectivity index (χ3n) is 5.36. The Morgan fingerprint density at radius 3 is 2.83 bits per heavy atom. The molecule has 0 bridgehead atoms. The summed E-state index contributed by atoms with van der Waals surface area (Å²) in [4.78, 5) is 27.1. The Morgan fingerprint density at radius 2 is 2.07 bits per heavy atom. The lowest BCUT2D eigenvalue weighted by atomic mass is 9.98. The van der Waals surface area contributed by atoms with Crippen molar-refractivity contribution in [2.24, 2.45) is 0 Å². The smallest absolute Gasteiger partial charge is 0.273 e. The summed E-state index contributed by atoms with van der Waals surface area (Å²) in [6, 6.07) is 7.87. The van der Waals surface area contributed by atoms with Crippen LogP contribution in [0.3, 0.4) is 0 Å². The molecule has 1 aliphatic rings. The molecular formula is C22H31N5O3. The molecule has 2 amide bonds. The molecule has 30 heavy (non-hydrogen) atoms. The standard InChI is InChI=1S/C22H31N5O3/c1-16(2)23-22(29)19-15-26(25-24-19)13-11-18-9-6-7-12-27(18)21(28)14-17-8-4-5-10-20(17)30-3/h4-5,8,10,15-16,18H,6-7,9,11-14H2,1-3H3,(H,23,29)/t18-/m0/s1. The van der Waals surface area contributed by atoms with Gasteiger partial charge in [0.2, 0.25) is 5.91 Å². The predicted molar refractivity (Wildman–Crippen MR) is 113 cm³/mol. The number of aryl methyl sites for hydroxylation is 1. The summed E-state index contributed by atoms with van der Waals surface area (Å²) in [7, 11) is 1.63. The maximum absolute atomic E-state index is 13.0. The van der Waals surface area contributed by atoms with Gasteiger partial charge in [-0.25, -0.2) is 0 Å². The number of benzene rings is 1. The maximum atomic E-state index is 13.0. The van der Waals surface area contributed by atoms with E-state index in [1.165, 1.54) is 0 Å². The minimum absolute atomic E-state index is 0.0488. The van der Waals surface area contributed by atoms with Gasteiger partial charge >= 0.3 is 0 Å². The van der Waals surface area contributed by atoms with E-state index in [2.05, 4.69) is 15.6 Å². The topological polar surface area (TPSA) is 89.4 Å². The number of piperidine rings is 1. The Morgan fingerprint density at radius 1 is 1.27 bits per heavy atom. The Labute approximate surface area is 177 Å². The van der Waals surface area contributed by atoms with E-state index < -0.39 is 0 Å². The molecule has 0 spiro atoms. The van der Waals surface area contributed by atoms with Crippen molar-refractivity contribution in [1.82, 2.24) is 25.2 Å². The molecule has 8 heteroatoms. The van der Waals surface area contributed by atoms with Gasteiger partial charge in [0.25, 0.3) is 5.91 Å². The molecule has 1 fully saturated rings. The highest BCUT2D eigenvalue weighted by Gasteiger charge is 2.27. The number of carbonyl (C=O) groups excluding carboxylic acids is 2. The third-order valence-corrected chi connectivity index (χ3v) is 5.36. The molecule has 162 valence electrons. The van der Waals surface area contributed by atoms with Gasteiger partial charge in [0.1, 0.15) is 5.75 Å². The summed E-state index contributed by atoms with van der Waals surface area (Å²) in [5.74, 6) is 0.650. The fraction of sp³-hybridized carbons (Fsp3) is 0.545. The summed E-state index contributed by atoms with van der Waals surface area (Å²) in [6.07, 6.45) is 5.91. The molecule has 0 saturated carbocycles. The molecule has 0 unspecified atom stereocenters. The van der Waals surface area contributed by atoms with Crippen LogP contribution in [0.25, 0.3) is 0 Å². The van der Waals surface area contributed by atoms with Gasteiger partial charge in [-0.2, -0.15) is 0 Å². The number of ether oxygens (including phenoxy) is 1. The predicted octanol–water partition coefficient (Wildman–Crippen LogP) is 2.44. The molecule has 8 nitrogen and oxygen atoms in total. The summed E-state index contributed by atoms with van der Waals surface area (Å²) >= 11 is 0. The van der Waals surface area contributed by atoms with Gasteiger partial charge in [-0.05, 0) is 45.6 Å². The number of likely N-dealkylation sites (tertiary alicyclic amines) is 1. The molecule has 3 rings (SSSR count). The van der Waals surface area contributed by atoms with Gasteiger partial charge in [-0.1, -0.05) is 23.4 Å². The number of rotatable bonds is 8. The first kappa shape index (κ1) is 21.8. The molecule has 2 aromatic rings. The zero-order valence-electron chi connectivity index (χ0n) is 18.0. The van der Waals surface area contributed by atoms with Crippen LogP contribution < -0.4 is 10.1 Å². The van der Waals surface area contributed by atoms with Crippen molar-refractivity contribution in [2.75, 3.05) is 13.7 Å². The fourth-order valence-corrected chi connectivity index (χ4v) is 3.87. The SMILES string of the molecule is COc1ccccc1CC(=O)N1CCCC[C@H]1CCn1cc(C(=O)NC(C)C)nn1. The van der Waals surface area contributed by atoms with Crippen molar-refractivity contribution in [2.45, 2.75) is 64.6 Å². The number of hydrogen-bond acceptors (Lipinski definition) is 5. The van der Waals surface area contributed by atoms with E-state index in [0.717, 1.165) is 43.5 Å². The van der Waals surface area contributed by atoms with Crippen LogP contribution in [0.5, 0.6) is 5.75 Å². The Kier molecular flexibility index (Phi) is 7.43. The van der Waals surface area contributed by atoms with E-state index in [1.54, 1.807) is 18.0 Å². The van der Waals surface area contributed by atoms with Crippen molar-refractivity contribution in [3.05, 3.63) is 41.7 Å². The summed E-state index contributed by atoms with van der Waals surface area (Å²) in [5.41, 5.74) is 1.22. The van der Waals surface area contributed by atoms with Crippen LogP contribution in [0, 0.1) is 0 Å². The van der Waals surface area contributed by atoms with Crippen LogP contribution in [-0.4, -0.2) is 57.4 Å². The van der Waals surface area contributed by atoms with Gasteiger partial charge in [-0.15, -0.1) is 5.10 Å². The highest BCUT2D eigenvalue weighted by atomic mass is 16.5. The van der Waals surface area contributed by atoms with Crippen molar-refractivity contribution < 1.29 is 14.3 Å². The first-order chi connectivity index (χ1) is 14.5. The number of aromatic nitrogens is 3. The van der Waals surface area contributed by atoms with Crippen molar-refractivity contribution >= 4 is 11.8 Å². The molecular weight excluding hydrogens is 382 g/mol. The van der Waals surface area contributed by atoms with Crippen LogP contribution in [0.15, 0.2) is 30.5 Å². The number of carbonyl (C=O) groups is 2. The minimum atomic E-state index is -0.220. The number of nitrogens with zero attached hydrogens (tertiary/aromatic N) is 4. The molecule has 1 atom stereocenters. The second-order valence-electron chi connectivity index (χ2n) is 8.01. The first-order valence-electron chi connectivity index (χ1n) is 10.6. The highest BCUT2D eigenvalue weighted by molar-refractivity contribution is 5.91. The molecule has 1 aromatic heterocycles. The van der Waals surface area contributed by atoms with Gasteiger partial charge in [0.05, 0.1) is 19.7 Å². The van der Waals surface area contributed by atoms with Gasteiger partial charge in [-0.3, -0.25) is 14.3 Å². The van der Waals surface area contributed by atoms with E-state index in [4.69, 9.17) is 4.74 Å². The van der Waals surface area contributed by atoms with Crippen molar-refractivity contribution in [1.29, 1.82) is 0 Å². The second-order valence-corrected chi connectivity index (χ2v) is 8.01. The largest absolute Gasteiger partial charge is 0.496 e. The fourth-order valence-electron chi connectivity index (χ4n) is 3.87. The Bertz CT molecular complexity index is 864.